The summed E-state index contributed by atoms with van der Waals surface area (Å²) in [5.74, 6) is -3.79. The third kappa shape index (κ3) is 15.4. The minimum Gasteiger partial charge on any atom is -0.459 e. The fourth-order valence-corrected chi connectivity index (χ4v) is 11.4. The van der Waals surface area contributed by atoms with E-state index in [9.17, 15) is 65.1 Å². The third-order valence-corrected chi connectivity index (χ3v) is 16.3. The van der Waals surface area contributed by atoms with Gasteiger partial charge in [0.15, 0.2) is 12.6 Å². The van der Waals surface area contributed by atoms with Crippen LogP contribution in [0.1, 0.15) is 100 Å². The fourth-order valence-electron chi connectivity index (χ4n) is 10.2. The number of aliphatic hydroxyl groups is 5. The number of methoxy groups -OCH3 is 1. The minimum absolute atomic E-state index is 0.0534. The molecule has 26 heteroatoms. The van der Waals surface area contributed by atoms with E-state index in [0.717, 1.165) is 23.5 Å². The molecule has 0 saturated carbocycles. The van der Waals surface area contributed by atoms with Crippen molar-refractivity contribution in [3.05, 3.63) is 29.8 Å². The lowest BCUT2D eigenvalue weighted by molar-refractivity contribution is -0.337. The molecule has 0 radical (unpaired) electrons. The zero-order valence-electron chi connectivity index (χ0n) is 43.5. The van der Waals surface area contributed by atoms with E-state index in [1.807, 2.05) is 0 Å². The Morgan fingerprint density at radius 2 is 1.55 bits per heavy atom. The van der Waals surface area contributed by atoms with Gasteiger partial charge in [-0.1, -0.05) is 20.8 Å². The first kappa shape index (κ1) is 63.0. The highest BCUT2D eigenvalue weighted by Gasteiger charge is 2.58. The van der Waals surface area contributed by atoms with Gasteiger partial charge in [-0.05, 0) is 104 Å². The molecule has 0 aromatic heterocycles. The van der Waals surface area contributed by atoms with Gasteiger partial charge in [0.25, 0.3) is 0 Å². The molecule has 3 aliphatic heterocycles. The molecule has 73 heavy (non-hydrogen) atoms. The lowest BCUT2D eigenvalue weighted by Gasteiger charge is -2.53. The second-order valence-corrected chi connectivity index (χ2v) is 22.5. The van der Waals surface area contributed by atoms with Crippen LogP contribution in [0, 0.1) is 17.8 Å². The number of likely N-dealkylation sites (N-methyl/N-ethyl adjacent to an activating group) is 1. The molecule has 3 fully saturated rings. The summed E-state index contributed by atoms with van der Waals surface area (Å²) in [4.78, 5) is 14.5. The van der Waals surface area contributed by atoms with Crippen LogP contribution in [-0.2, 0) is 54.3 Å². The van der Waals surface area contributed by atoms with E-state index >= 15 is 0 Å². The fraction of sp³-hybridized carbons (Fsp3) is 0.851. The maximum absolute atomic E-state index is 14.5. The quantitative estimate of drug-likeness (QED) is 0.0706. The molecule has 1 aromatic carbocycles. The first-order valence-electron chi connectivity index (χ1n) is 24.4. The molecule has 3 heterocycles. The van der Waals surface area contributed by atoms with Gasteiger partial charge in [0.2, 0.25) is 0 Å². The molecule has 1 aromatic rings. The van der Waals surface area contributed by atoms with E-state index in [4.69, 9.17) is 28.4 Å². The van der Waals surface area contributed by atoms with E-state index in [1.165, 1.54) is 41.7 Å². The van der Waals surface area contributed by atoms with Gasteiger partial charge in [0, 0.05) is 51.3 Å². The van der Waals surface area contributed by atoms with Crippen LogP contribution in [0.3, 0.4) is 0 Å². The zero-order chi connectivity index (χ0) is 55.4. The third-order valence-electron chi connectivity index (χ3n) is 14.8. The van der Waals surface area contributed by atoms with Crippen molar-refractivity contribution in [2.45, 2.75) is 197 Å². The van der Waals surface area contributed by atoms with Crippen molar-refractivity contribution in [2.24, 2.45) is 17.8 Å². The first-order valence-corrected chi connectivity index (χ1v) is 25.9. The predicted molar refractivity (Wildman–Crippen MR) is 251 cm³/mol. The molecule has 0 unspecified atom stereocenters. The molecule has 0 bridgehead atoms. The Hall–Kier alpha value is -2.54. The standard InChI is InChI=1S/C47H78F6N4O15S/c1-13-34-44(10,62)38(59)29(6)55-23-25(2)21-42(8,61)39(72-41-36(58)33(20-26(3)68-41)57(11)73(64,65)56-32-16-14-31(15-17-32)46(48,49)50)27(4)37(28(5)40(60)70-34)71-35-22-43(9,66-12)45(63,30(7)69-35)24-54-18-19-67-47(51,52)53/h14-17,25-30,33-39,41,54-56,58-59,61-63H,13,18-24H2,1-12H3/t25-,26-,27+,28-,29-,30+,33+,34-,35+,36-,37+,38-,39-,41+,42-,43-,44-,45+/m1/s1. The van der Waals surface area contributed by atoms with Crippen molar-refractivity contribution in [1.29, 1.82) is 0 Å². The Kier molecular flexibility index (Phi) is 21.1. The average molecular weight is 1090 g/mol. The maximum atomic E-state index is 14.5. The summed E-state index contributed by atoms with van der Waals surface area (Å²) in [5.41, 5.74) is -8.55. The summed E-state index contributed by atoms with van der Waals surface area (Å²) >= 11 is 0. The number of cyclic esters (lactones) is 1. The van der Waals surface area contributed by atoms with Crippen LogP contribution in [-0.4, -0.2) is 181 Å². The number of halogens is 6. The molecule has 0 aliphatic carbocycles. The molecule has 0 amide bonds. The molecule has 19 nitrogen and oxygen atoms in total. The molecule has 3 aliphatic rings. The van der Waals surface area contributed by atoms with Crippen LogP contribution >= 0.6 is 0 Å². The first-order chi connectivity index (χ1) is 33.4. The van der Waals surface area contributed by atoms with Crippen molar-refractivity contribution in [3.8, 4) is 0 Å². The Labute approximate surface area is 424 Å². The SMILES string of the molecule is CC[C@H]1OC(=O)[C@H](C)[C@@H](O[C@H]2C[C@@](C)(OC)[C@](O)(CNCCOC(F)(F)F)[C@H](C)O2)[C@H](C)[C@@H](O[C@@H]2O[C@H](C)C[C@H](N(C)S(=O)(=O)Nc3ccc(C(F)(F)F)cc3)[C@H]2O)[C@](C)(O)C[C@@H](C)CN[C@H](C)[C@@H](O)[C@]1(C)O. The van der Waals surface area contributed by atoms with Crippen LogP contribution in [0.2, 0.25) is 0 Å². The summed E-state index contributed by atoms with van der Waals surface area (Å²) in [7, 11) is -2.12. The summed E-state index contributed by atoms with van der Waals surface area (Å²) in [6, 6.07) is 1.24. The molecule has 8 N–H and O–H groups in total. The molecule has 4 rings (SSSR count). The lowest BCUT2D eigenvalue weighted by atomic mass is 9.75. The topological polar surface area (TPSA) is 256 Å². The van der Waals surface area contributed by atoms with Crippen molar-refractivity contribution in [3.63, 3.8) is 0 Å². The molecular formula is C47H78F6N4O15S. The molecule has 18 atom stereocenters. The number of carbonyl (C=O) groups excluding carboxylic acids is 1. The number of anilines is 1. The summed E-state index contributed by atoms with van der Waals surface area (Å²) in [6.45, 7) is 14.3. The Morgan fingerprint density at radius 3 is 2.11 bits per heavy atom. The summed E-state index contributed by atoms with van der Waals surface area (Å²) in [5, 5.41) is 65.9. The number of alkyl halides is 6. The van der Waals surface area contributed by atoms with E-state index in [-0.39, 0.29) is 51.0 Å². The Morgan fingerprint density at radius 1 is 0.932 bits per heavy atom. The second kappa shape index (κ2) is 24.4. The molecule has 424 valence electrons. The van der Waals surface area contributed by atoms with Gasteiger partial charge >= 0.3 is 28.7 Å². The van der Waals surface area contributed by atoms with E-state index in [2.05, 4.69) is 20.1 Å². The normalized spacial score (nSPS) is 40.1. The van der Waals surface area contributed by atoms with Gasteiger partial charge in [0.05, 0.1) is 54.1 Å². The van der Waals surface area contributed by atoms with Crippen molar-refractivity contribution >= 4 is 21.9 Å². The second-order valence-electron chi connectivity index (χ2n) is 20.7. The van der Waals surface area contributed by atoms with Gasteiger partial charge < -0.3 is 64.6 Å². The predicted octanol–water partition coefficient (Wildman–Crippen LogP) is 3.80. The number of hydrogen-bond donors (Lipinski definition) is 8. The van der Waals surface area contributed by atoms with Crippen LogP contribution in [0.5, 0.6) is 0 Å². The van der Waals surface area contributed by atoms with Gasteiger partial charge in [-0.15, -0.1) is 13.2 Å². The summed E-state index contributed by atoms with van der Waals surface area (Å²) < 4.78 is 150. The summed E-state index contributed by atoms with van der Waals surface area (Å²) in [6.07, 6.45) is -22.2. The minimum atomic E-state index is -4.87. The Bertz CT molecular complexity index is 2040. The van der Waals surface area contributed by atoms with Crippen LogP contribution < -0.4 is 15.4 Å². The Balaban J connectivity index is 1.77. The number of rotatable bonds is 15. The van der Waals surface area contributed by atoms with Crippen molar-refractivity contribution in [2.75, 3.05) is 45.1 Å². The average Bonchev–Trinajstić information content (AvgIpc) is 3.28. The lowest BCUT2D eigenvalue weighted by Crippen LogP contribution is -2.70. The number of nitrogens with one attached hydrogen (secondary N) is 3. The van der Waals surface area contributed by atoms with Crippen molar-refractivity contribution in [1.82, 2.24) is 14.9 Å². The smallest absolute Gasteiger partial charge is 0.459 e. The number of esters is 1. The van der Waals surface area contributed by atoms with E-state index < -0.39 is 148 Å². The maximum Gasteiger partial charge on any atom is 0.522 e. The molecular weight excluding hydrogens is 1010 g/mol. The number of aliphatic hydroxyl groups excluding tert-OH is 2. The number of benzene rings is 1. The van der Waals surface area contributed by atoms with Crippen LogP contribution in [0.25, 0.3) is 0 Å². The number of ether oxygens (including phenoxy) is 7. The number of hydrogen-bond acceptors (Lipinski definition) is 17. The monoisotopic (exact) mass is 1080 g/mol. The van der Waals surface area contributed by atoms with E-state index in [0.29, 0.717) is 12.1 Å². The van der Waals surface area contributed by atoms with Crippen LogP contribution in [0.15, 0.2) is 24.3 Å². The molecule has 0 spiro atoms. The van der Waals surface area contributed by atoms with Gasteiger partial charge in [0.1, 0.15) is 35.1 Å². The van der Waals surface area contributed by atoms with Gasteiger partial charge in [-0.25, -0.2) is 0 Å². The van der Waals surface area contributed by atoms with Crippen LogP contribution in [0.4, 0.5) is 32.0 Å². The number of carbonyl (C=O) groups is 1. The van der Waals surface area contributed by atoms with Gasteiger partial charge in [-0.2, -0.15) is 25.9 Å². The molecule has 3 saturated heterocycles. The highest BCUT2D eigenvalue weighted by Crippen LogP contribution is 2.43. The highest BCUT2D eigenvalue weighted by atomic mass is 32.2. The van der Waals surface area contributed by atoms with E-state index in [1.54, 1.807) is 34.6 Å². The van der Waals surface area contributed by atoms with Gasteiger partial charge in [-0.3, -0.25) is 14.3 Å². The zero-order valence-corrected chi connectivity index (χ0v) is 44.3. The van der Waals surface area contributed by atoms with Crippen molar-refractivity contribution < 1.29 is 98.2 Å². The number of nitrogens with zero attached hydrogens (tertiary/aromatic N) is 1. The largest absolute Gasteiger partial charge is 0.522 e. The highest BCUT2D eigenvalue weighted by molar-refractivity contribution is 7.90.